The molecule has 0 aliphatic rings. The summed E-state index contributed by atoms with van der Waals surface area (Å²) in [6, 6.07) is 0. The summed E-state index contributed by atoms with van der Waals surface area (Å²) in [6.45, 7) is -0.175. The van der Waals surface area contributed by atoms with Crippen molar-refractivity contribution in [3.8, 4) is 0 Å². The average Bonchev–Trinajstić information content (AvgIpc) is 1.83. The number of nitrogens with one attached hydrogen (secondary N) is 2. The molecule has 0 aromatic rings. The zero-order valence-corrected chi connectivity index (χ0v) is 4.68. The van der Waals surface area contributed by atoms with Gasteiger partial charge < -0.3 is 15.9 Å². The van der Waals surface area contributed by atoms with Crippen molar-refractivity contribution in [1.82, 2.24) is 5.32 Å². The van der Waals surface area contributed by atoms with E-state index in [9.17, 15) is 4.79 Å². The molecule has 0 aliphatic carbocycles. The van der Waals surface area contributed by atoms with Crippen molar-refractivity contribution in [1.29, 1.82) is 5.41 Å². The normalized spacial score (nSPS) is 7.30. The first-order valence-electron chi connectivity index (χ1n) is 2.14. The molecule has 6 nitrogen and oxygen atoms in total. The third-order valence-corrected chi connectivity index (χ3v) is 0.555. The monoisotopic (exact) mass is 156 g/mol. The molecule has 0 bridgehead atoms. The molecule has 0 saturated carbocycles. The molecule has 10 heavy (non-hydrogen) atoms. The van der Waals surface area contributed by atoms with Crippen LogP contribution < -0.4 is 16.9 Å². The molecule has 0 atom stereocenters. The molecule has 0 unspecified atom stereocenters. The van der Waals surface area contributed by atoms with E-state index in [0.29, 0.717) is 0 Å². The van der Waals surface area contributed by atoms with Crippen LogP contribution in [0.15, 0.2) is 0 Å². The molecular formula is C3H9N4NaO2. The summed E-state index contributed by atoms with van der Waals surface area (Å²) in [5.41, 5.74) is 4.82. The summed E-state index contributed by atoms with van der Waals surface area (Å²) in [5.74, 6) is 3.50. The molecule has 0 radical (unpaired) electrons. The number of carbonyl (C=O) groups is 1. The van der Waals surface area contributed by atoms with Gasteiger partial charge in [0.25, 0.3) is 0 Å². The Morgan fingerprint density at radius 2 is 2.20 bits per heavy atom. The number of hydrogen-bond donors (Lipinski definition) is 4. The molecule has 0 spiro atoms. The fraction of sp³-hybridized carbons (Fsp3) is 0.333. The molecule has 7 heteroatoms. The maximum atomic E-state index is 10.2. The summed E-state index contributed by atoms with van der Waals surface area (Å²) in [7, 11) is 0. The van der Waals surface area contributed by atoms with E-state index in [0.717, 1.165) is 0 Å². The van der Waals surface area contributed by atoms with E-state index in [1.165, 1.54) is 0 Å². The Morgan fingerprint density at radius 1 is 1.70 bits per heavy atom. The molecule has 0 fully saturated rings. The fourth-order valence-corrected chi connectivity index (χ4v) is 0.209. The number of rotatable bonds is 2. The van der Waals surface area contributed by atoms with Gasteiger partial charge in [-0.2, -0.15) is 5.90 Å². The Morgan fingerprint density at radius 3 is 2.50 bits per heavy atom. The second-order valence-corrected chi connectivity index (χ2v) is 1.26. The van der Waals surface area contributed by atoms with Crippen LogP contribution in [-0.2, 0) is 9.63 Å². The topological polar surface area (TPSA) is 114 Å². The van der Waals surface area contributed by atoms with Crippen LogP contribution in [0.2, 0.25) is 0 Å². The summed E-state index contributed by atoms with van der Waals surface area (Å²) < 4.78 is 0. The van der Waals surface area contributed by atoms with E-state index < -0.39 is 5.97 Å². The zero-order valence-electron chi connectivity index (χ0n) is 4.68. The summed E-state index contributed by atoms with van der Waals surface area (Å²) in [6.07, 6.45) is 0. The summed E-state index contributed by atoms with van der Waals surface area (Å²) in [5, 5.41) is 8.78. The van der Waals surface area contributed by atoms with E-state index in [4.69, 9.17) is 11.1 Å². The van der Waals surface area contributed by atoms with Gasteiger partial charge in [-0.1, -0.05) is 0 Å². The van der Waals surface area contributed by atoms with E-state index >= 15 is 0 Å². The second kappa shape index (κ2) is 6.81. The van der Waals surface area contributed by atoms with Gasteiger partial charge >= 0.3 is 35.5 Å². The number of hydrogen-bond acceptors (Lipinski definition) is 4. The van der Waals surface area contributed by atoms with Crippen LogP contribution in [0.3, 0.4) is 0 Å². The molecule has 54 valence electrons. The van der Waals surface area contributed by atoms with Crippen molar-refractivity contribution >= 4 is 41.5 Å². The molecule has 0 amide bonds. The molecule has 6 N–H and O–H groups in total. The van der Waals surface area contributed by atoms with Crippen LogP contribution in [0, 0.1) is 5.41 Å². The first-order valence-corrected chi connectivity index (χ1v) is 2.14. The molecule has 0 aliphatic heterocycles. The zero-order chi connectivity index (χ0) is 7.28. The van der Waals surface area contributed by atoms with E-state index in [-0.39, 0.29) is 42.1 Å². The van der Waals surface area contributed by atoms with Gasteiger partial charge in [-0.15, -0.1) is 0 Å². The van der Waals surface area contributed by atoms with Crippen LogP contribution >= 0.6 is 0 Å². The molecular weight excluding hydrogens is 147 g/mol. The van der Waals surface area contributed by atoms with Crippen molar-refractivity contribution in [3.05, 3.63) is 0 Å². The summed E-state index contributed by atoms with van der Waals surface area (Å²) in [4.78, 5) is 13.9. The van der Waals surface area contributed by atoms with Crippen molar-refractivity contribution in [3.63, 3.8) is 0 Å². The van der Waals surface area contributed by atoms with Gasteiger partial charge in [0.05, 0.1) is 0 Å². The molecule has 0 aromatic heterocycles. The third-order valence-electron chi connectivity index (χ3n) is 0.555. The van der Waals surface area contributed by atoms with Gasteiger partial charge in [-0.3, -0.25) is 5.41 Å². The van der Waals surface area contributed by atoms with Gasteiger partial charge in [0.1, 0.15) is 6.54 Å². The van der Waals surface area contributed by atoms with E-state index in [1.54, 1.807) is 0 Å². The van der Waals surface area contributed by atoms with Crippen molar-refractivity contribution < 1.29 is 9.63 Å². The average molecular weight is 156 g/mol. The van der Waals surface area contributed by atoms with Crippen LogP contribution in [0.25, 0.3) is 0 Å². The number of carbonyl (C=O) groups excluding carboxylic acids is 1. The van der Waals surface area contributed by atoms with Gasteiger partial charge in [0.2, 0.25) is 0 Å². The summed E-state index contributed by atoms with van der Waals surface area (Å²) >= 11 is 0. The van der Waals surface area contributed by atoms with Crippen LogP contribution in [0.4, 0.5) is 0 Å². The van der Waals surface area contributed by atoms with Crippen LogP contribution in [-0.4, -0.2) is 48.0 Å². The Kier molecular flexibility index (Phi) is 8.44. The quantitative estimate of drug-likeness (QED) is 0.150. The second-order valence-electron chi connectivity index (χ2n) is 1.26. The van der Waals surface area contributed by atoms with Crippen LogP contribution in [0.1, 0.15) is 0 Å². The number of nitrogens with two attached hydrogens (primary N) is 2. The predicted molar refractivity (Wildman–Crippen MR) is 37.3 cm³/mol. The Labute approximate surface area is 80.0 Å². The van der Waals surface area contributed by atoms with Crippen molar-refractivity contribution in [2.75, 3.05) is 6.54 Å². The van der Waals surface area contributed by atoms with Gasteiger partial charge in [-0.25, -0.2) is 4.79 Å². The van der Waals surface area contributed by atoms with Gasteiger partial charge in [-0.05, 0) is 0 Å². The molecule has 0 rings (SSSR count). The minimum absolute atomic E-state index is 0. The molecule has 0 saturated heterocycles. The Hall–Kier alpha value is -0.300. The van der Waals surface area contributed by atoms with Gasteiger partial charge in [0, 0.05) is 0 Å². The van der Waals surface area contributed by atoms with Crippen molar-refractivity contribution in [2.45, 2.75) is 0 Å². The van der Waals surface area contributed by atoms with E-state index in [2.05, 4.69) is 16.1 Å². The predicted octanol–water partition coefficient (Wildman–Crippen LogP) is -2.76. The first kappa shape index (κ1) is 12.4. The third kappa shape index (κ3) is 7.70. The van der Waals surface area contributed by atoms with Crippen molar-refractivity contribution in [2.24, 2.45) is 11.6 Å². The van der Waals surface area contributed by atoms with Crippen LogP contribution in [0.5, 0.6) is 0 Å². The van der Waals surface area contributed by atoms with E-state index in [1.807, 2.05) is 0 Å². The minimum atomic E-state index is -0.662. The van der Waals surface area contributed by atoms with Gasteiger partial charge in [0.15, 0.2) is 5.96 Å². The standard InChI is InChI=1S/C3H8N4O2.Na.H/c4-3(5)7-1-2(8)9-6;;/h1,6H2,(H4,4,5,7);;. The Balaban J connectivity index is 0. The first-order chi connectivity index (χ1) is 4.16. The molecule has 0 aromatic carbocycles. The maximum absolute atomic E-state index is 10.2. The SMILES string of the molecule is N=C(N)NCC(=O)ON.[NaH]. The fourth-order valence-electron chi connectivity index (χ4n) is 0.209. The number of guanidine groups is 1. The Bertz CT molecular complexity index is 128. The molecule has 0 heterocycles.